The maximum Gasteiger partial charge on any atom is 0.339 e. The molecule has 0 aliphatic carbocycles. The molecular formula is C17H12O3. The van der Waals surface area contributed by atoms with Gasteiger partial charge in [-0.2, -0.15) is 0 Å². The highest BCUT2D eigenvalue weighted by molar-refractivity contribution is 6.05. The summed E-state index contributed by atoms with van der Waals surface area (Å²) in [6, 6.07) is 18.5. The molecule has 2 N–H and O–H groups in total. The summed E-state index contributed by atoms with van der Waals surface area (Å²) in [7, 11) is 0. The molecule has 0 radical (unpaired) electrons. The molecular weight excluding hydrogens is 252 g/mol. The van der Waals surface area contributed by atoms with Gasteiger partial charge in [-0.1, -0.05) is 54.6 Å². The van der Waals surface area contributed by atoms with E-state index in [0.29, 0.717) is 5.39 Å². The molecule has 0 aromatic heterocycles. The molecule has 98 valence electrons. The molecule has 0 spiro atoms. The molecule has 0 amide bonds. The minimum absolute atomic E-state index is 0.0808. The zero-order valence-electron chi connectivity index (χ0n) is 10.6. The lowest BCUT2D eigenvalue weighted by molar-refractivity contribution is 0.0694. The number of rotatable bonds is 2. The molecule has 3 aromatic rings. The summed E-state index contributed by atoms with van der Waals surface area (Å²) in [4.78, 5) is 11.1. The Labute approximate surface area is 115 Å². The molecule has 0 unspecified atom stereocenters. The van der Waals surface area contributed by atoms with Crippen molar-refractivity contribution in [2.45, 2.75) is 0 Å². The van der Waals surface area contributed by atoms with E-state index >= 15 is 0 Å². The van der Waals surface area contributed by atoms with Crippen LogP contribution in [0.1, 0.15) is 10.4 Å². The van der Waals surface area contributed by atoms with Gasteiger partial charge in [0.1, 0.15) is 11.3 Å². The summed E-state index contributed by atoms with van der Waals surface area (Å²) in [5.41, 5.74) is 1.92. The Bertz CT molecular complexity index is 792. The fraction of sp³-hybridized carbons (Fsp3) is 0. The Morgan fingerprint density at radius 2 is 1.55 bits per heavy atom. The summed E-state index contributed by atoms with van der Waals surface area (Å²) < 4.78 is 0. The van der Waals surface area contributed by atoms with Gasteiger partial charge in [-0.3, -0.25) is 0 Å². The molecule has 0 saturated carbocycles. The average Bonchev–Trinajstić information content (AvgIpc) is 2.48. The molecule has 0 fully saturated rings. The van der Waals surface area contributed by atoms with Crippen LogP contribution in [0, 0.1) is 0 Å². The van der Waals surface area contributed by atoms with Gasteiger partial charge in [0.15, 0.2) is 0 Å². The van der Waals surface area contributed by atoms with Gasteiger partial charge in [0, 0.05) is 5.39 Å². The summed E-state index contributed by atoms with van der Waals surface area (Å²) in [6.45, 7) is 0. The van der Waals surface area contributed by atoms with Gasteiger partial charge in [0.2, 0.25) is 0 Å². The molecule has 3 rings (SSSR count). The predicted octanol–water partition coefficient (Wildman–Crippen LogP) is 3.91. The van der Waals surface area contributed by atoms with Gasteiger partial charge in [-0.15, -0.1) is 0 Å². The third kappa shape index (κ3) is 1.89. The lowest BCUT2D eigenvalue weighted by Gasteiger charge is -2.09. The number of aromatic carboxylic acids is 1. The maximum absolute atomic E-state index is 11.1. The first-order valence-corrected chi connectivity index (χ1v) is 6.22. The van der Waals surface area contributed by atoms with Crippen LogP contribution >= 0.6 is 0 Å². The van der Waals surface area contributed by atoms with Crippen LogP contribution in [0.25, 0.3) is 21.9 Å². The van der Waals surface area contributed by atoms with Crippen molar-refractivity contribution < 1.29 is 15.0 Å². The van der Waals surface area contributed by atoms with Crippen LogP contribution in [0.2, 0.25) is 0 Å². The Kier molecular flexibility index (Phi) is 2.88. The van der Waals surface area contributed by atoms with Crippen LogP contribution < -0.4 is 0 Å². The van der Waals surface area contributed by atoms with Crippen molar-refractivity contribution in [1.29, 1.82) is 0 Å². The number of phenols is 1. The SMILES string of the molecule is O=C(O)c1ccc2c(-c3ccccc3)cccc2c1O. The third-order valence-electron chi connectivity index (χ3n) is 3.35. The molecule has 0 atom stereocenters. The topological polar surface area (TPSA) is 57.5 Å². The van der Waals surface area contributed by atoms with Gasteiger partial charge in [-0.25, -0.2) is 4.79 Å². The van der Waals surface area contributed by atoms with Crippen molar-refractivity contribution in [3.05, 3.63) is 66.2 Å². The van der Waals surface area contributed by atoms with E-state index in [-0.39, 0.29) is 11.3 Å². The van der Waals surface area contributed by atoms with Crippen molar-refractivity contribution >= 4 is 16.7 Å². The molecule has 3 nitrogen and oxygen atoms in total. The highest BCUT2D eigenvalue weighted by Crippen LogP contribution is 2.35. The second kappa shape index (κ2) is 4.70. The standard InChI is InChI=1S/C17H12O3/c18-16-14-8-4-7-12(11-5-2-1-3-6-11)13(14)9-10-15(16)17(19)20/h1-10,18H,(H,19,20). The van der Waals surface area contributed by atoms with Crippen LogP contribution in [-0.4, -0.2) is 16.2 Å². The van der Waals surface area contributed by atoms with Crippen LogP contribution in [0.4, 0.5) is 0 Å². The van der Waals surface area contributed by atoms with Crippen molar-refractivity contribution in [3.8, 4) is 16.9 Å². The van der Waals surface area contributed by atoms with Gasteiger partial charge in [0.25, 0.3) is 0 Å². The number of carbonyl (C=O) groups is 1. The van der Waals surface area contributed by atoms with Gasteiger partial charge < -0.3 is 10.2 Å². The van der Waals surface area contributed by atoms with E-state index in [4.69, 9.17) is 5.11 Å². The number of hydrogen-bond donors (Lipinski definition) is 2. The molecule has 3 aromatic carbocycles. The van der Waals surface area contributed by atoms with Crippen LogP contribution in [-0.2, 0) is 0 Å². The first-order chi connectivity index (χ1) is 9.68. The Morgan fingerprint density at radius 3 is 2.25 bits per heavy atom. The van der Waals surface area contributed by atoms with Crippen molar-refractivity contribution in [3.63, 3.8) is 0 Å². The Hall–Kier alpha value is -2.81. The summed E-state index contributed by atoms with van der Waals surface area (Å²) in [5.74, 6) is -1.32. The molecule has 0 aliphatic heterocycles. The monoisotopic (exact) mass is 264 g/mol. The predicted molar refractivity (Wildman–Crippen MR) is 78.0 cm³/mol. The molecule has 0 saturated heterocycles. The van der Waals surface area contributed by atoms with E-state index < -0.39 is 5.97 Å². The first-order valence-electron chi connectivity index (χ1n) is 6.22. The second-order valence-corrected chi connectivity index (χ2v) is 4.53. The van der Waals surface area contributed by atoms with E-state index in [2.05, 4.69) is 0 Å². The van der Waals surface area contributed by atoms with E-state index in [1.807, 2.05) is 42.5 Å². The third-order valence-corrected chi connectivity index (χ3v) is 3.35. The zero-order chi connectivity index (χ0) is 14.1. The number of aromatic hydroxyl groups is 1. The van der Waals surface area contributed by atoms with Crippen LogP contribution in [0.3, 0.4) is 0 Å². The highest BCUT2D eigenvalue weighted by atomic mass is 16.4. The van der Waals surface area contributed by atoms with E-state index in [9.17, 15) is 9.90 Å². The van der Waals surface area contributed by atoms with Crippen molar-refractivity contribution in [2.24, 2.45) is 0 Å². The molecule has 0 aliphatic rings. The number of fused-ring (bicyclic) bond motifs is 1. The van der Waals surface area contributed by atoms with Crippen LogP contribution in [0.15, 0.2) is 60.7 Å². The fourth-order valence-electron chi connectivity index (χ4n) is 2.38. The molecule has 3 heteroatoms. The lowest BCUT2D eigenvalue weighted by atomic mass is 9.96. The number of hydrogen-bond acceptors (Lipinski definition) is 2. The largest absolute Gasteiger partial charge is 0.506 e. The van der Waals surface area contributed by atoms with Crippen molar-refractivity contribution in [1.82, 2.24) is 0 Å². The van der Waals surface area contributed by atoms with E-state index in [1.165, 1.54) is 6.07 Å². The number of carboxylic acids is 1. The Balaban J connectivity index is 2.32. The van der Waals surface area contributed by atoms with E-state index in [0.717, 1.165) is 16.5 Å². The van der Waals surface area contributed by atoms with Gasteiger partial charge >= 0.3 is 5.97 Å². The molecule has 0 heterocycles. The Morgan fingerprint density at radius 1 is 0.800 bits per heavy atom. The summed E-state index contributed by atoms with van der Waals surface area (Å²) in [6.07, 6.45) is 0. The summed E-state index contributed by atoms with van der Waals surface area (Å²) in [5, 5.41) is 20.5. The van der Waals surface area contributed by atoms with Gasteiger partial charge in [-0.05, 0) is 22.6 Å². The quantitative estimate of drug-likeness (QED) is 0.737. The number of benzene rings is 3. The second-order valence-electron chi connectivity index (χ2n) is 4.53. The first kappa shape index (κ1) is 12.2. The van der Waals surface area contributed by atoms with Gasteiger partial charge in [0.05, 0.1) is 0 Å². The molecule has 20 heavy (non-hydrogen) atoms. The van der Waals surface area contributed by atoms with Crippen LogP contribution in [0.5, 0.6) is 5.75 Å². The highest BCUT2D eigenvalue weighted by Gasteiger charge is 2.14. The molecule has 0 bridgehead atoms. The zero-order valence-corrected chi connectivity index (χ0v) is 10.6. The lowest BCUT2D eigenvalue weighted by Crippen LogP contribution is -1.97. The fourth-order valence-corrected chi connectivity index (χ4v) is 2.38. The van der Waals surface area contributed by atoms with Crippen molar-refractivity contribution in [2.75, 3.05) is 0 Å². The maximum atomic E-state index is 11.1. The van der Waals surface area contributed by atoms with E-state index in [1.54, 1.807) is 12.1 Å². The summed E-state index contributed by atoms with van der Waals surface area (Å²) >= 11 is 0. The minimum atomic E-state index is -1.13. The average molecular weight is 264 g/mol. The number of carboxylic acid groups (broad SMARTS) is 1. The minimum Gasteiger partial charge on any atom is -0.506 e. The smallest absolute Gasteiger partial charge is 0.339 e. The normalized spacial score (nSPS) is 10.6.